The molecular formula is C12H12BrIO. The van der Waals surface area contributed by atoms with E-state index in [0.717, 1.165) is 0 Å². The van der Waals surface area contributed by atoms with Gasteiger partial charge in [-0.05, 0) is 0 Å². The van der Waals surface area contributed by atoms with Gasteiger partial charge in [0.15, 0.2) is 0 Å². The van der Waals surface area contributed by atoms with Crippen LogP contribution in [0.1, 0.15) is 0 Å². The van der Waals surface area contributed by atoms with Gasteiger partial charge in [-0.1, -0.05) is 0 Å². The van der Waals surface area contributed by atoms with Crippen molar-refractivity contribution in [3.8, 4) is 0 Å². The summed E-state index contributed by atoms with van der Waals surface area (Å²) in [6.45, 7) is 0. The van der Waals surface area contributed by atoms with Gasteiger partial charge in [0.05, 0.1) is 0 Å². The molecule has 0 saturated heterocycles. The van der Waals surface area contributed by atoms with E-state index < -0.39 is 17.6 Å². The molecule has 0 saturated carbocycles. The van der Waals surface area contributed by atoms with E-state index in [-0.39, 0.29) is 5.48 Å². The Bertz CT molecular complexity index is 351. The number of halogens is 2. The van der Waals surface area contributed by atoms with Gasteiger partial charge in [0.2, 0.25) is 0 Å². The molecule has 2 N–H and O–H groups in total. The first-order chi connectivity index (χ1) is 6.88. The van der Waals surface area contributed by atoms with Crippen LogP contribution in [0, 0.1) is 7.14 Å². The summed E-state index contributed by atoms with van der Waals surface area (Å²) in [7, 11) is 0. The first-order valence-electron chi connectivity index (χ1n) is 4.34. The van der Waals surface area contributed by atoms with E-state index in [1.807, 2.05) is 0 Å². The average Bonchev–Trinajstić information content (AvgIpc) is 2.30. The minimum Gasteiger partial charge on any atom is -0.412 e. The molecule has 80 valence electrons. The zero-order valence-electron chi connectivity index (χ0n) is 8.03. The maximum atomic E-state index is 3.85. The summed E-state index contributed by atoms with van der Waals surface area (Å²) in [6.07, 6.45) is 0. The van der Waals surface area contributed by atoms with E-state index in [1.54, 1.807) is 0 Å². The second kappa shape index (κ2) is 6.25. The number of hydrogen-bond donors (Lipinski definition) is 0. The van der Waals surface area contributed by atoms with Crippen molar-refractivity contribution in [2.24, 2.45) is 0 Å². The Kier molecular flexibility index (Phi) is 5.28. The quantitative estimate of drug-likeness (QED) is 0.713. The second-order valence-corrected chi connectivity index (χ2v) is 10.7. The van der Waals surface area contributed by atoms with Crippen molar-refractivity contribution in [1.82, 2.24) is 0 Å². The van der Waals surface area contributed by atoms with Crippen LogP contribution in [0.3, 0.4) is 0 Å². The molecule has 0 aliphatic rings. The number of rotatable bonds is 2. The first-order valence-corrected chi connectivity index (χ1v) is 11.3. The van der Waals surface area contributed by atoms with Gasteiger partial charge in [0, 0.05) is 0 Å². The van der Waals surface area contributed by atoms with Gasteiger partial charge in [-0.25, -0.2) is 0 Å². The summed E-state index contributed by atoms with van der Waals surface area (Å²) >= 11 is 2.56. The molecule has 2 aromatic carbocycles. The Labute approximate surface area is 103 Å². The van der Waals surface area contributed by atoms with Gasteiger partial charge in [0.25, 0.3) is 0 Å². The Hall–Kier alpha value is -0.390. The SMILES string of the molecule is BrI(c1ccccc1)c1ccccc1.O. The molecule has 0 aliphatic heterocycles. The van der Waals surface area contributed by atoms with E-state index in [9.17, 15) is 0 Å². The van der Waals surface area contributed by atoms with Gasteiger partial charge in [0.1, 0.15) is 0 Å². The molecule has 0 amide bonds. The Balaban J connectivity index is 0.00000112. The molecule has 3 heteroatoms. The van der Waals surface area contributed by atoms with Crippen LogP contribution < -0.4 is 0 Å². The first kappa shape index (κ1) is 12.7. The van der Waals surface area contributed by atoms with Crippen LogP contribution in [0.15, 0.2) is 60.7 Å². The molecule has 0 heterocycles. The standard InChI is InChI=1S/C12H10BrI.H2O/c13-14(11-7-3-1-4-8-11)12-9-5-2-6-10-12;/h1-10H;1H2. The monoisotopic (exact) mass is 378 g/mol. The van der Waals surface area contributed by atoms with Gasteiger partial charge < -0.3 is 5.48 Å². The summed E-state index contributed by atoms with van der Waals surface area (Å²) in [5.41, 5.74) is 0. The van der Waals surface area contributed by atoms with Crippen LogP contribution in [0.4, 0.5) is 0 Å². The Morgan fingerprint density at radius 2 is 1.00 bits per heavy atom. The third kappa shape index (κ3) is 3.29. The average molecular weight is 379 g/mol. The van der Waals surface area contributed by atoms with Crippen molar-refractivity contribution in [2.45, 2.75) is 0 Å². The van der Waals surface area contributed by atoms with Crippen molar-refractivity contribution < 1.29 is 5.48 Å². The summed E-state index contributed by atoms with van der Waals surface area (Å²) in [4.78, 5) is 0. The third-order valence-electron chi connectivity index (χ3n) is 1.85. The van der Waals surface area contributed by atoms with Gasteiger partial charge in [-0.2, -0.15) is 0 Å². The van der Waals surface area contributed by atoms with Crippen LogP contribution in [-0.2, 0) is 0 Å². The minimum atomic E-state index is -1.29. The summed E-state index contributed by atoms with van der Waals surface area (Å²) in [5.74, 6) is 0. The molecule has 0 radical (unpaired) electrons. The van der Waals surface area contributed by atoms with Crippen LogP contribution in [0.25, 0.3) is 0 Å². The van der Waals surface area contributed by atoms with E-state index in [1.165, 1.54) is 7.14 Å². The van der Waals surface area contributed by atoms with Gasteiger partial charge in [-0.3, -0.25) is 0 Å². The van der Waals surface area contributed by atoms with E-state index in [0.29, 0.717) is 0 Å². The fraction of sp³-hybridized carbons (Fsp3) is 0. The second-order valence-electron chi connectivity index (χ2n) is 2.83. The van der Waals surface area contributed by atoms with Gasteiger partial charge in [-0.15, -0.1) is 0 Å². The fourth-order valence-electron chi connectivity index (χ4n) is 1.18. The predicted molar refractivity (Wildman–Crippen MR) is 76.8 cm³/mol. The zero-order chi connectivity index (χ0) is 9.80. The molecule has 0 fully saturated rings. The number of benzene rings is 2. The molecule has 0 atom stereocenters. The molecule has 1 nitrogen and oxygen atoms in total. The summed E-state index contributed by atoms with van der Waals surface area (Å²) in [5, 5.41) is 0. The Morgan fingerprint density at radius 3 is 1.33 bits per heavy atom. The molecule has 0 bridgehead atoms. The normalized spacial score (nSPS) is 10.3. The van der Waals surface area contributed by atoms with Crippen molar-refractivity contribution in [1.29, 1.82) is 0 Å². The van der Waals surface area contributed by atoms with E-state index >= 15 is 0 Å². The van der Waals surface area contributed by atoms with E-state index in [4.69, 9.17) is 0 Å². The molecule has 0 unspecified atom stereocenters. The topological polar surface area (TPSA) is 31.5 Å². The van der Waals surface area contributed by atoms with Gasteiger partial charge >= 0.3 is 98.1 Å². The van der Waals surface area contributed by atoms with E-state index in [2.05, 4.69) is 73.4 Å². The summed E-state index contributed by atoms with van der Waals surface area (Å²) < 4.78 is 2.89. The van der Waals surface area contributed by atoms with Crippen molar-refractivity contribution in [3.63, 3.8) is 0 Å². The predicted octanol–water partition coefficient (Wildman–Crippen LogP) is 3.72. The fourth-order valence-corrected chi connectivity index (χ4v) is 6.67. The molecule has 15 heavy (non-hydrogen) atoms. The molecule has 2 aromatic rings. The third-order valence-corrected chi connectivity index (χ3v) is 10.1. The number of hydrogen-bond acceptors (Lipinski definition) is 0. The van der Waals surface area contributed by atoms with Crippen LogP contribution in [-0.4, -0.2) is 5.48 Å². The van der Waals surface area contributed by atoms with Crippen molar-refractivity contribution >= 4 is 30.3 Å². The molecule has 2 rings (SSSR count). The molecule has 0 aliphatic carbocycles. The molecular weight excluding hydrogens is 367 g/mol. The Morgan fingerprint density at radius 1 is 0.667 bits per heavy atom. The summed E-state index contributed by atoms with van der Waals surface area (Å²) in [6, 6.07) is 21.3. The smallest absolute Gasteiger partial charge is 0.412 e. The van der Waals surface area contributed by atoms with Crippen molar-refractivity contribution in [2.75, 3.05) is 0 Å². The molecule has 0 aromatic heterocycles. The maximum absolute atomic E-state index is 3.85. The van der Waals surface area contributed by atoms with Crippen molar-refractivity contribution in [3.05, 3.63) is 67.8 Å². The zero-order valence-corrected chi connectivity index (χ0v) is 11.8. The van der Waals surface area contributed by atoms with Crippen LogP contribution >= 0.6 is 30.3 Å². The maximum Gasteiger partial charge on any atom is -0.412 e. The van der Waals surface area contributed by atoms with Crippen LogP contribution in [0.5, 0.6) is 0 Å². The largest absolute Gasteiger partial charge is 0.412 e. The minimum absolute atomic E-state index is 0. The molecule has 0 spiro atoms. The van der Waals surface area contributed by atoms with Crippen LogP contribution in [0.2, 0.25) is 0 Å².